The molecule has 0 aromatic carbocycles. The summed E-state index contributed by atoms with van der Waals surface area (Å²) in [5, 5.41) is 5.22. The van der Waals surface area contributed by atoms with Gasteiger partial charge in [-0.25, -0.2) is 9.97 Å². The average molecular weight is 342 g/mol. The van der Waals surface area contributed by atoms with Gasteiger partial charge in [-0.1, -0.05) is 0 Å². The van der Waals surface area contributed by atoms with Crippen molar-refractivity contribution in [1.82, 2.24) is 24.6 Å². The predicted octanol–water partition coefficient (Wildman–Crippen LogP) is 1.69. The summed E-state index contributed by atoms with van der Waals surface area (Å²) in [7, 11) is 5.78. The zero-order chi connectivity index (χ0) is 16.8. The summed E-state index contributed by atoms with van der Waals surface area (Å²) < 4.78 is 1.62. The lowest BCUT2D eigenvalue weighted by Gasteiger charge is -2.27. The summed E-state index contributed by atoms with van der Waals surface area (Å²) in [4.78, 5) is 27.7. The molecular weight excluding hydrogens is 324 g/mol. The van der Waals surface area contributed by atoms with E-state index in [-0.39, 0.29) is 5.91 Å². The SMILES string of the molecule is CN(C)c1ncnc2sc3c(c12)CCN(C(=O)c1ccnn1C)C3. The molecule has 0 unspecified atom stereocenters. The van der Waals surface area contributed by atoms with E-state index in [1.165, 1.54) is 10.4 Å². The number of aromatic nitrogens is 4. The molecule has 1 amide bonds. The van der Waals surface area contributed by atoms with Crippen molar-refractivity contribution in [3.8, 4) is 0 Å². The van der Waals surface area contributed by atoms with Gasteiger partial charge in [0.2, 0.25) is 0 Å². The van der Waals surface area contributed by atoms with Crippen LogP contribution in [-0.2, 0) is 20.0 Å². The van der Waals surface area contributed by atoms with Gasteiger partial charge in [0, 0.05) is 38.8 Å². The van der Waals surface area contributed by atoms with Crippen molar-refractivity contribution >= 4 is 33.3 Å². The van der Waals surface area contributed by atoms with Gasteiger partial charge in [-0.15, -0.1) is 11.3 Å². The third-order valence-electron chi connectivity index (χ3n) is 4.37. The molecule has 1 aliphatic heterocycles. The van der Waals surface area contributed by atoms with Gasteiger partial charge >= 0.3 is 0 Å². The van der Waals surface area contributed by atoms with Crippen molar-refractivity contribution in [3.63, 3.8) is 0 Å². The van der Waals surface area contributed by atoms with Crippen LogP contribution in [0.1, 0.15) is 20.9 Å². The lowest BCUT2D eigenvalue weighted by Crippen LogP contribution is -2.36. The van der Waals surface area contributed by atoms with Crippen LogP contribution in [-0.4, -0.2) is 51.2 Å². The van der Waals surface area contributed by atoms with E-state index in [4.69, 9.17) is 0 Å². The third-order valence-corrected chi connectivity index (χ3v) is 5.49. The Morgan fingerprint density at radius 2 is 2.17 bits per heavy atom. The Balaban J connectivity index is 1.71. The number of carbonyl (C=O) groups is 1. The summed E-state index contributed by atoms with van der Waals surface area (Å²) in [6.07, 6.45) is 4.09. The first-order valence-corrected chi connectivity index (χ1v) is 8.57. The normalized spacial score (nSPS) is 14.0. The number of carbonyl (C=O) groups excluding carboxylic acids is 1. The number of nitrogens with zero attached hydrogens (tertiary/aromatic N) is 6. The number of rotatable bonds is 2. The number of hydrogen-bond donors (Lipinski definition) is 0. The Kier molecular flexibility index (Phi) is 3.49. The molecule has 3 aromatic heterocycles. The fourth-order valence-corrected chi connectivity index (χ4v) is 4.37. The quantitative estimate of drug-likeness (QED) is 0.709. The van der Waals surface area contributed by atoms with Gasteiger partial charge in [0.25, 0.3) is 5.91 Å². The number of aryl methyl sites for hydroxylation is 1. The second-order valence-corrected chi connectivity index (χ2v) is 7.18. The molecule has 24 heavy (non-hydrogen) atoms. The summed E-state index contributed by atoms with van der Waals surface area (Å²) in [6.45, 7) is 1.32. The van der Waals surface area contributed by atoms with Crippen molar-refractivity contribution in [2.45, 2.75) is 13.0 Å². The number of amides is 1. The largest absolute Gasteiger partial charge is 0.362 e. The zero-order valence-corrected chi connectivity index (χ0v) is 14.7. The second-order valence-electron chi connectivity index (χ2n) is 6.09. The van der Waals surface area contributed by atoms with Gasteiger partial charge in [0.1, 0.15) is 22.7 Å². The molecular formula is C16H18N6OS. The van der Waals surface area contributed by atoms with E-state index in [0.717, 1.165) is 22.5 Å². The molecule has 0 atom stereocenters. The van der Waals surface area contributed by atoms with Crippen molar-refractivity contribution in [2.75, 3.05) is 25.5 Å². The molecule has 0 spiro atoms. The highest BCUT2D eigenvalue weighted by molar-refractivity contribution is 7.19. The number of thiophene rings is 1. The summed E-state index contributed by atoms with van der Waals surface area (Å²) in [6, 6.07) is 1.76. The molecule has 0 saturated carbocycles. The van der Waals surface area contributed by atoms with E-state index in [2.05, 4.69) is 15.1 Å². The fourth-order valence-electron chi connectivity index (χ4n) is 3.17. The van der Waals surface area contributed by atoms with E-state index >= 15 is 0 Å². The number of hydrogen-bond acceptors (Lipinski definition) is 6. The molecule has 4 heterocycles. The number of anilines is 1. The van der Waals surface area contributed by atoms with Crippen molar-refractivity contribution < 1.29 is 4.79 Å². The summed E-state index contributed by atoms with van der Waals surface area (Å²) in [5.41, 5.74) is 1.90. The molecule has 0 radical (unpaired) electrons. The second kappa shape index (κ2) is 5.55. The monoisotopic (exact) mass is 342 g/mol. The first-order chi connectivity index (χ1) is 11.6. The lowest BCUT2D eigenvalue weighted by atomic mass is 10.0. The van der Waals surface area contributed by atoms with Crippen LogP contribution in [0.4, 0.5) is 5.82 Å². The highest BCUT2D eigenvalue weighted by Crippen LogP contribution is 2.38. The topological polar surface area (TPSA) is 67.2 Å². The van der Waals surface area contributed by atoms with E-state index in [1.54, 1.807) is 41.7 Å². The van der Waals surface area contributed by atoms with E-state index < -0.39 is 0 Å². The van der Waals surface area contributed by atoms with Crippen LogP contribution >= 0.6 is 11.3 Å². The van der Waals surface area contributed by atoms with E-state index in [1.807, 2.05) is 23.9 Å². The van der Waals surface area contributed by atoms with Crippen LogP contribution in [0.15, 0.2) is 18.6 Å². The summed E-state index contributed by atoms with van der Waals surface area (Å²) >= 11 is 1.66. The minimum absolute atomic E-state index is 0.0250. The van der Waals surface area contributed by atoms with E-state index in [0.29, 0.717) is 18.8 Å². The maximum atomic E-state index is 12.7. The van der Waals surface area contributed by atoms with Crippen LogP contribution in [0, 0.1) is 0 Å². The molecule has 124 valence electrons. The molecule has 4 rings (SSSR count). The van der Waals surface area contributed by atoms with Gasteiger partial charge in [0.05, 0.1) is 11.9 Å². The Morgan fingerprint density at radius 1 is 1.33 bits per heavy atom. The van der Waals surface area contributed by atoms with Crippen molar-refractivity contribution in [2.24, 2.45) is 7.05 Å². The van der Waals surface area contributed by atoms with Crippen molar-refractivity contribution in [1.29, 1.82) is 0 Å². The molecule has 0 fully saturated rings. The van der Waals surface area contributed by atoms with E-state index in [9.17, 15) is 4.79 Å². The zero-order valence-electron chi connectivity index (χ0n) is 13.9. The predicted molar refractivity (Wildman–Crippen MR) is 93.4 cm³/mol. The Morgan fingerprint density at radius 3 is 2.88 bits per heavy atom. The molecule has 1 aliphatic rings. The maximum Gasteiger partial charge on any atom is 0.272 e. The van der Waals surface area contributed by atoms with Crippen LogP contribution in [0.5, 0.6) is 0 Å². The molecule has 0 aliphatic carbocycles. The minimum atomic E-state index is 0.0250. The standard InChI is InChI=1S/C16H18N6OS/c1-20(2)14-13-10-5-7-22(16(23)11-4-6-19-21(11)3)8-12(10)24-15(13)18-9-17-14/h4,6,9H,5,7-8H2,1-3H3. The highest BCUT2D eigenvalue weighted by atomic mass is 32.1. The molecule has 0 N–H and O–H groups in total. The third kappa shape index (κ3) is 2.25. The van der Waals surface area contributed by atoms with Crippen molar-refractivity contribution in [3.05, 3.63) is 34.7 Å². The molecule has 7 nitrogen and oxygen atoms in total. The van der Waals surface area contributed by atoms with Crippen LogP contribution in [0.3, 0.4) is 0 Å². The van der Waals surface area contributed by atoms with Gasteiger partial charge in [-0.2, -0.15) is 5.10 Å². The fraction of sp³-hybridized carbons (Fsp3) is 0.375. The van der Waals surface area contributed by atoms with Crippen LogP contribution < -0.4 is 4.90 Å². The smallest absolute Gasteiger partial charge is 0.272 e. The first-order valence-electron chi connectivity index (χ1n) is 7.76. The Bertz CT molecular complexity index is 928. The van der Waals surface area contributed by atoms with Gasteiger partial charge in [-0.3, -0.25) is 9.48 Å². The highest BCUT2D eigenvalue weighted by Gasteiger charge is 2.28. The van der Waals surface area contributed by atoms with Crippen LogP contribution in [0.25, 0.3) is 10.2 Å². The van der Waals surface area contributed by atoms with Crippen LogP contribution in [0.2, 0.25) is 0 Å². The molecule has 0 saturated heterocycles. The molecule has 3 aromatic rings. The minimum Gasteiger partial charge on any atom is -0.362 e. The molecule has 0 bridgehead atoms. The first kappa shape index (κ1) is 15.1. The average Bonchev–Trinajstić information content (AvgIpc) is 3.16. The Labute approximate surface area is 143 Å². The lowest BCUT2D eigenvalue weighted by molar-refractivity contribution is 0.0726. The molecule has 8 heteroatoms. The summed E-state index contributed by atoms with van der Waals surface area (Å²) in [5.74, 6) is 0.973. The van der Waals surface area contributed by atoms with Gasteiger partial charge in [-0.05, 0) is 18.1 Å². The van der Waals surface area contributed by atoms with Gasteiger partial charge < -0.3 is 9.80 Å². The number of fused-ring (bicyclic) bond motifs is 3. The Hall–Kier alpha value is -2.48. The maximum absolute atomic E-state index is 12.7. The van der Waals surface area contributed by atoms with Gasteiger partial charge in [0.15, 0.2) is 0 Å².